The van der Waals surface area contributed by atoms with Gasteiger partial charge < -0.3 is 4.90 Å². The van der Waals surface area contributed by atoms with Crippen molar-refractivity contribution in [2.75, 3.05) is 12.3 Å². The van der Waals surface area contributed by atoms with Crippen molar-refractivity contribution in [2.45, 2.75) is 44.2 Å². The summed E-state index contributed by atoms with van der Waals surface area (Å²) in [6.07, 6.45) is -1.19. The molecule has 0 aromatic heterocycles. The van der Waals surface area contributed by atoms with Crippen LogP contribution in [0.5, 0.6) is 0 Å². The first-order valence-corrected chi connectivity index (χ1v) is 8.57. The monoisotopic (exact) mass is 331 g/mol. The first-order valence-electron chi connectivity index (χ1n) is 7.42. The van der Waals surface area contributed by atoms with Crippen LogP contribution in [0.4, 0.5) is 13.2 Å². The standard InChI is InChI=1S/C16H20F3NOS/c1-12-6-4-5-9-20(12)15(21)11-22-10-13-7-2-3-8-14(13)16(17,18)19/h2-3,7-8,12H,4-6,9-11H2,1H3. The Kier molecular flexibility index (Phi) is 5.78. The highest BCUT2D eigenvalue weighted by atomic mass is 32.2. The van der Waals surface area contributed by atoms with Crippen LogP contribution < -0.4 is 0 Å². The van der Waals surface area contributed by atoms with Crippen LogP contribution in [0.15, 0.2) is 24.3 Å². The first-order chi connectivity index (χ1) is 10.4. The maximum absolute atomic E-state index is 12.9. The summed E-state index contributed by atoms with van der Waals surface area (Å²) in [5.41, 5.74) is -0.374. The van der Waals surface area contributed by atoms with Gasteiger partial charge in [0.2, 0.25) is 5.91 Å². The zero-order valence-electron chi connectivity index (χ0n) is 12.5. The molecule has 1 aliphatic rings. The van der Waals surface area contributed by atoms with E-state index >= 15 is 0 Å². The minimum absolute atomic E-state index is 0.0293. The lowest BCUT2D eigenvalue weighted by Gasteiger charge is -2.33. The van der Waals surface area contributed by atoms with Crippen LogP contribution in [-0.4, -0.2) is 29.1 Å². The van der Waals surface area contributed by atoms with Crippen LogP contribution in [0.2, 0.25) is 0 Å². The summed E-state index contributed by atoms with van der Waals surface area (Å²) in [6.45, 7) is 2.79. The number of carbonyl (C=O) groups excluding carboxylic acids is 1. The third-order valence-electron chi connectivity index (χ3n) is 3.93. The molecule has 0 aliphatic carbocycles. The second kappa shape index (κ2) is 7.40. The predicted octanol–water partition coefficient (Wildman–Crippen LogP) is 4.34. The van der Waals surface area contributed by atoms with Crippen molar-refractivity contribution in [3.05, 3.63) is 35.4 Å². The van der Waals surface area contributed by atoms with Gasteiger partial charge in [-0.15, -0.1) is 11.8 Å². The van der Waals surface area contributed by atoms with E-state index in [0.717, 1.165) is 31.9 Å². The Morgan fingerprint density at radius 3 is 2.73 bits per heavy atom. The quantitative estimate of drug-likeness (QED) is 0.818. The number of hydrogen-bond acceptors (Lipinski definition) is 2. The highest BCUT2D eigenvalue weighted by molar-refractivity contribution is 7.99. The van der Waals surface area contributed by atoms with Gasteiger partial charge >= 0.3 is 6.18 Å². The molecule has 1 fully saturated rings. The lowest BCUT2D eigenvalue weighted by Crippen LogP contribution is -2.42. The average molecular weight is 331 g/mol. The van der Waals surface area contributed by atoms with Gasteiger partial charge in [0.05, 0.1) is 11.3 Å². The van der Waals surface area contributed by atoms with Gasteiger partial charge in [0.1, 0.15) is 0 Å². The molecule has 1 aromatic rings. The fourth-order valence-electron chi connectivity index (χ4n) is 2.72. The fraction of sp³-hybridized carbons (Fsp3) is 0.562. The zero-order valence-corrected chi connectivity index (χ0v) is 13.3. The minimum atomic E-state index is -4.34. The van der Waals surface area contributed by atoms with E-state index in [0.29, 0.717) is 0 Å². The zero-order chi connectivity index (χ0) is 16.2. The Balaban J connectivity index is 1.90. The lowest BCUT2D eigenvalue weighted by molar-refractivity contribution is -0.138. The summed E-state index contributed by atoms with van der Waals surface area (Å²) in [7, 11) is 0. The molecule has 22 heavy (non-hydrogen) atoms. The van der Waals surface area contributed by atoms with Crippen LogP contribution in [0.3, 0.4) is 0 Å². The number of nitrogens with zero attached hydrogens (tertiary/aromatic N) is 1. The number of thioether (sulfide) groups is 1. The van der Waals surface area contributed by atoms with Crippen molar-refractivity contribution in [3.8, 4) is 0 Å². The fourth-order valence-corrected chi connectivity index (χ4v) is 3.64. The summed E-state index contributed by atoms with van der Waals surface area (Å²) in [6, 6.07) is 5.79. The molecule has 0 N–H and O–H groups in total. The van der Waals surface area contributed by atoms with E-state index in [9.17, 15) is 18.0 Å². The Hall–Kier alpha value is -1.17. The predicted molar refractivity (Wildman–Crippen MR) is 82.6 cm³/mol. The van der Waals surface area contributed by atoms with Crippen molar-refractivity contribution in [2.24, 2.45) is 0 Å². The number of amides is 1. The molecule has 1 amide bonds. The molecule has 0 saturated carbocycles. The molecule has 1 aliphatic heterocycles. The molecule has 1 atom stereocenters. The molecule has 6 heteroatoms. The number of likely N-dealkylation sites (tertiary alicyclic amines) is 1. The van der Waals surface area contributed by atoms with Crippen molar-refractivity contribution in [1.82, 2.24) is 4.90 Å². The van der Waals surface area contributed by atoms with Crippen molar-refractivity contribution in [1.29, 1.82) is 0 Å². The van der Waals surface area contributed by atoms with Gasteiger partial charge in [-0.05, 0) is 37.8 Å². The van der Waals surface area contributed by atoms with Gasteiger partial charge in [-0.25, -0.2) is 0 Å². The van der Waals surface area contributed by atoms with E-state index < -0.39 is 11.7 Å². The average Bonchev–Trinajstić information content (AvgIpc) is 2.47. The minimum Gasteiger partial charge on any atom is -0.339 e. The van der Waals surface area contributed by atoms with Gasteiger partial charge in [-0.3, -0.25) is 4.79 Å². The highest BCUT2D eigenvalue weighted by Gasteiger charge is 2.32. The topological polar surface area (TPSA) is 20.3 Å². The van der Waals surface area contributed by atoms with Gasteiger partial charge in [0, 0.05) is 18.3 Å². The number of hydrogen-bond donors (Lipinski definition) is 0. The molecule has 1 heterocycles. The maximum atomic E-state index is 12.9. The molecule has 2 nitrogen and oxygen atoms in total. The maximum Gasteiger partial charge on any atom is 0.416 e. The third kappa shape index (κ3) is 4.41. The Labute approximate surface area is 133 Å². The van der Waals surface area contributed by atoms with Crippen molar-refractivity contribution < 1.29 is 18.0 Å². The van der Waals surface area contributed by atoms with Gasteiger partial charge in [0.15, 0.2) is 0 Å². The van der Waals surface area contributed by atoms with Crippen LogP contribution in [0.25, 0.3) is 0 Å². The molecule has 1 aromatic carbocycles. The molecular weight excluding hydrogens is 311 g/mol. The second-order valence-corrected chi connectivity index (χ2v) is 6.57. The normalized spacial score (nSPS) is 19.3. The van der Waals surface area contributed by atoms with Crippen LogP contribution in [0, 0.1) is 0 Å². The summed E-state index contributed by atoms with van der Waals surface area (Å²) in [5.74, 6) is 0.460. The molecule has 2 rings (SSSR count). The second-order valence-electron chi connectivity index (χ2n) is 5.58. The molecule has 0 bridgehead atoms. The summed E-state index contributed by atoms with van der Waals surface area (Å²) < 4.78 is 38.7. The molecule has 1 saturated heterocycles. The Morgan fingerprint density at radius 1 is 1.32 bits per heavy atom. The highest BCUT2D eigenvalue weighted by Crippen LogP contribution is 2.33. The number of rotatable bonds is 4. The molecule has 0 radical (unpaired) electrons. The van der Waals surface area contributed by atoms with E-state index in [1.54, 1.807) is 6.07 Å². The summed E-state index contributed by atoms with van der Waals surface area (Å²) >= 11 is 1.25. The number of alkyl halides is 3. The molecule has 1 unspecified atom stereocenters. The lowest BCUT2D eigenvalue weighted by atomic mass is 10.0. The van der Waals surface area contributed by atoms with Gasteiger partial charge in [0.25, 0.3) is 0 Å². The summed E-state index contributed by atoms with van der Waals surface area (Å²) in [4.78, 5) is 14.0. The van der Waals surface area contributed by atoms with Gasteiger partial charge in [-0.1, -0.05) is 18.2 Å². The van der Waals surface area contributed by atoms with Crippen molar-refractivity contribution in [3.63, 3.8) is 0 Å². The van der Waals surface area contributed by atoms with Gasteiger partial charge in [-0.2, -0.15) is 13.2 Å². The Bertz CT molecular complexity index is 518. The van der Waals surface area contributed by atoms with Crippen LogP contribution in [-0.2, 0) is 16.7 Å². The number of piperidine rings is 1. The Morgan fingerprint density at radius 2 is 2.05 bits per heavy atom. The largest absolute Gasteiger partial charge is 0.416 e. The third-order valence-corrected chi connectivity index (χ3v) is 4.90. The van der Waals surface area contributed by atoms with Crippen LogP contribution >= 0.6 is 11.8 Å². The van der Waals surface area contributed by atoms with E-state index in [4.69, 9.17) is 0 Å². The van der Waals surface area contributed by atoms with Crippen molar-refractivity contribution >= 4 is 17.7 Å². The smallest absolute Gasteiger partial charge is 0.339 e. The van der Waals surface area contributed by atoms with E-state index in [1.165, 1.54) is 23.9 Å². The summed E-state index contributed by atoms with van der Waals surface area (Å²) in [5, 5.41) is 0. The molecular formula is C16H20F3NOS. The van der Waals surface area contributed by atoms with E-state index in [-0.39, 0.29) is 29.0 Å². The molecule has 122 valence electrons. The number of benzene rings is 1. The van der Waals surface area contributed by atoms with Crippen LogP contribution in [0.1, 0.15) is 37.3 Å². The van der Waals surface area contributed by atoms with E-state index in [2.05, 4.69) is 0 Å². The first kappa shape index (κ1) is 17.2. The number of halogens is 3. The van der Waals surface area contributed by atoms with E-state index in [1.807, 2.05) is 11.8 Å². The number of carbonyl (C=O) groups is 1. The molecule has 0 spiro atoms. The SMILES string of the molecule is CC1CCCCN1C(=O)CSCc1ccccc1C(F)(F)F.